The highest BCUT2D eigenvalue weighted by Crippen LogP contribution is 2.59. The van der Waals surface area contributed by atoms with Crippen molar-refractivity contribution in [3.8, 4) is 0 Å². The molecule has 0 unspecified atom stereocenters. The van der Waals surface area contributed by atoms with E-state index in [1.165, 1.54) is 11.6 Å². The first-order chi connectivity index (χ1) is 15.7. The van der Waals surface area contributed by atoms with Gasteiger partial charge in [-0.25, -0.2) is 4.79 Å². The molecule has 2 saturated heterocycles. The van der Waals surface area contributed by atoms with Gasteiger partial charge in [0.15, 0.2) is 0 Å². The van der Waals surface area contributed by atoms with Crippen molar-refractivity contribution in [2.45, 2.75) is 82.4 Å². The van der Waals surface area contributed by atoms with E-state index in [2.05, 4.69) is 26.8 Å². The third-order valence-corrected chi connectivity index (χ3v) is 6.73. The summed E-state index contributed by atoms with van der Waals surface area (Å²) in [5, 5.41) is 8.60. The van der Waals surface area contributed by atoms with Crippen molar-refractivity contribution in [2.75, 3.05) is 13.7 Å². The van der Waals surface area contributed by atoms with Crippen molar-refractivity contribution in [3.05, 3.63) is 48.1 Å². The van der Waals surface area contributed by atoms with Crippen molar-refractivity contribution in [1.29, 1.82) is 0 Å². The number of ether oxygens (including phenoxy) is 4. The number of rotatable bonds is 11. The minimum Gasteiger partial charge on any atom is -0.481 e. The molecule has 7 heteroatoms. The van der Waals surface area contributed by atoms with Crippen LogP contribution in [0.5, 0.6) is 0 Å². The van der Waals surface area contributed by atoms with Gasteiger partial charge in [-0.1, -0.05) is 42.0 Å². The van der Waals surface area contributed by atoms with Crippen LogP contribution in [-0.4, -0.2) is 60.3 Å². The van der Waals surface area contributed by atoms with Crippen molar-refractivity contribution >= 4 is 11.9 Å². The highest BCUT2D eigenvalue weighted by molar-refractivity contribution is 5.82. The Bertz CT molecular complexity index is 832. The van der Waals surface area contributed by atoms with Gasteiger partial charge in [0.25, 0.3) is 0 Å². The minimum atomic E-state index is -0.824. The molecule has 3 fully saturated rings. The third kappa shape index (κ3) is 6.43. The molecular weight excluding hydrogens is 424 g/mol. The maximum atomic E-state index is 12.4. The zero-order valence-electron chi connectivity index (χ0n) is 20.0. The molecule has 3 aliphatic rings. The van der Waals surface area contributed by atoms with E-state index in [4.69, 9.17) is 24.1 Å². The fourth-order valence-electron chi connectivity index (χ4n) is 4.90. The van der Waals surface area contributed by atoms with Crippen LogP contribution in [0.2, 0.25) is 0 Å². The van der Waals surface area contributed by atoms with Crippen LogP contribution in [0.3, 0.4) is 0 Å². The topological polar surface area (TPSA) is 97.9 Å². The number of carbonyl (C=O) groups excluding carboxylic acids is 1. The first-order valence-corrected chi connectivity index (χ1v) is 11.6. The average molecular weight is 461 g/mol. The van der Waals surface area contributed by atoms with E-state index in [1.54, 1.807) is 37.5 Å². The number of epoxide rings is 2. The summed E-state index contributed by atoms with van der Waals surface area (Å²) in [5.74, 6) is -1.25. The number of hydrogen-bond acceptors (Lipinski definition) is 6. The number of carboxylic acids is 1. The number of allylic oxidation sites excluding steroid dienone is 6. The molecule has 0 amide bonds. The molecule has 0 bridgehead atoms. The Morgan fingerprint density at radius 3 is 2.55 bits per heavy atom. The number of carbonyl (C=O) groups is 2. The van der Waals surface area contributed by atoms with E-state index in [0.29, 0.717) is 19.4 Å². The molecule has 1 aliphatic carbocycles. The van der Waals surface area contributed by atoms with Crippen LogP contribution in [0.15, 0.2) is 48.1 Å². The number of methoxy groups -OCH3 is 1. The van der Waals surface area contributed by atoms with Crippen molar-refractivity contribution in [3.63, 3.8) is 0 Å². The number of hydrogen-bond donors (Lipinski definition) is 1. The van der Waals surface area contributed by atoms with Gasteiger partial charge in [0.2, 0.25) is 0 Å². The summed E-state index contributed by atoms with van der Waals surface area (Å²) < 4.78 is 23.8. The van der Waals surface area contributed by atoms with Gasteiger partial charge in [0, 0.05) is 19.6 Å². The summed E-state index contributed by atoms with van der Waals surface area (Å²) in [5.41, 5.74) is 0.657. The van der Waals surface area contributed by atoms with E-state index < -0.39 is 11.9 Å². The molecule has 182 valence electrons. The zero-order valence-corrected chi connectivity index (χ0v) is 20.0. The summed E-state index contributed by atoms with van der Waals surface area (Å²) >= 11 is 0. The van der Waals surface area contributed by atoms with E-state index in [9.17, 15) is 9.59 Å². The molecular formula is C26H36O7. The van der Waals surface area contributed by atoms with Gasteiger partial charge in [0.1, 0.15) is 23.4 Å². The molecule has 2 heterocycles. The van der Waals surface area contributed by atoms with Crippen LogP contribution in [0.4, 0.5) is 0 Å². The summed E-state index contributed by atoms with van der Waals surface area (Å²) in [6.45, 7) is 6.97. The van der Waals surface area contributed by atoms with Crippen LogP contribution < -0.4 is 0 Å². The van der Waals surface area contributed by atoms with Gasteiger partial charge in [-0.3, -0.25) is 4.79 Å². The largest absolute Gasteiger partial charge is 0.481 e. The SMILES string of the molecule is CO[C@@H]1[C@H](OC(=O)/C=C/C=C/C=C/CCC(=O)O)CC[C@]2(CO2)[C@H]1[C@@]1(C)O[C@@H]1CC=C(C)C. The van der Waals surface area contributed by atoms with Crippen molar-refractivity contribution in [1.82, 2.24) is 0 Å². The van der Waals surface area contributed by atoms with Gasteiger partial charge >= 0.3 is 11.9 Å². The molecule has 1 saturated carbocycles. The molecule has 0 radical (unpaired) electrons. The molecule has 2 aliphatic heterocycles. The van der Waals surface area contributed by atoms with E-state index in [1.807, 2.05) is 0 Å². The minimum absolute atomic E-state index is 0.00285. The highest BCUT2D eigenvalue weighted by atomic mass is 16.6. The molecule has 0 aromatic heterocycles. The van der Waals surface area contributed by atoms with Gasteiger partial charge < -0.3 is 24.1 Å². The normalized spacial score (nSPS) is 35.4. The lowest BCUT2D eigenvalue weighted by atomic mass is 9.68. The average Bonchev–Trinajstić information content (AvgIpc) is 3.67. The molecule has 7 nitrogen and oxygen atoms in total. The Hall–Kier alpha value is -2.22. The fourth-order valence-corrected chi connectivity index (χ4v) is 4.90. The maximum Gasteiger partial charge on any atom is 0.331 e. The van der Waals surface area contributed by atoms with Crippen LogP contribution in [0, 0.1) is 5.92 Å². The lowest BCUT2D eigenvalue weighted by Gasteiger charge is -2.42. The number of esters is 1. The second-order valence-electron chi connectivity index (χ2n) is 9.46. The van der Waals surface area contributed by atoms with E-state index in [0.717, 1.165) is 12.8 Å². The second-order valence-corrected chi connectivity index (χ2v) is 9.46. The lowest BCUT2D eigenvalue weighted by molar-refractivity contribution is -0.166. The van der Waals surface area contributed by atoms with Gasteiger partial charge in [-0.05, 0) is 46.5 Å². The third-order valence-electron chi connectivity index (χ3n) is 6.73. The molecule has 3 rings (SSSR count). The fraction of sp³-hybridized carbons (Fsp3) is 0.615. The maximum absolute atomic E-state index is 12.4. The summed E-state index contributed by atoms with van der Waals surface area (Å²) in [4.78, 5) is 22.9. The highest BCUT2D eigenvalue weighted by Gasteiger charge is 2.72. The van der Waals surface area contributed by atoms with Crippen LogP contribution in [0.25, 0.3) is 0 Å². The predicted molar refractivity (Wildman–Crippen MR) is 124 cm³/mol. The number of carboxylic acid groups (broad SMARTS) is 1. The first kappa shape index (κ1) is 25.4. The standard InChI is InChI=1S/C26H36O7/c1-18(2)13-14-20-25(3,33-20)24-23(30-4)19(15-16-26(24)17-31-26)32-22(29)12-10-8-6-5-7-9-11-21(27)28/h5-8,10,12-13,19-20,23-24H,9,11,14-17H2,1-4H3,(H,27,28)/b7-5+,8-6+,12-10+/t19-,20-,23-,24-,25+,26+/m1/s1. The molecule has 1 N–H and O–H groups in total. The van der Waals surface area contributed by atoms with Crippen LogP contribution in [-0.2, 0) is 28.5 Å². The van der Waals surface area contributed by atoms with Crippen molar-refractivity contribution < 1.29 is 33.6 Å². The first-order valence-electron chi connectivity index (χ1n) is 11.6. The summed E-state index contributed by atoms with van der Waals surface area (Å²) in [6, 6.07) is 0. The molecule has 0 aromatic rings. The van der Waals surface area contributed by atoms with Gasteiger partial charge in [-0.15, -0.1) is 0 Å². The zero-order chi connectivity index (χ0) is 24.1. The quantitative estimate of drug-likeness (QED) is 0.163. The number of aliphatic carboxylic acids is 1. The van der Waals surface area contributed by atoms with Gasteiger partial charge in [0.05, 0.1) is 18.6 Å². The molecule has 6 atom stereocenters. The lowest BCUT2D eigenvalue weighted by Crippen LogP contribution is -2.55. The Morgan fingerprint density at radius 1 is 1.18 bits per heavy atom. The van der Waals surface area contributed by atoms with Crippen LogP contribution in [0.1, 0.15) is 52.9 Å². The van der Waals surface area contributed by atoms with Gasteiger partial charge in [-0.2, -0.15) is 0 Å². The van der Waals surface area contributed by atoms with Crippen LogP contribution >= 0.6 is 0 Å². The Labute approximate surface area is 196 Å². The summed E-state index contributed by atoms with van der Waals surface area (Å²) in [7, 11) is 1.66. The smallest absolute Gasteiger partial charge is 0.331 e. The Morgan fingerprint density at radius 2 is 1.91 bits per heavy atom. The Balaban J connectivity index is 1.57. The summed E-state index contributed by atoms with van der Waals surface area (Å²) in [6.07, 6.45) is 14.5. The molecule has 1 spiro atoms. The Kier molecular flexibility index (Phi) is 8.32. The monoisotopic (exact) mass is 460 g/mol. The molecule has 0 aromatic carbocycles. The van der Waals surface area contributed by atoms with E-state index in [-0.39, 0.29) is 41.9 Å². The predicted octanol–water partition coefficient (Wildman–Crippen LogP) is 4.14. The second kappa shape index (κ2) is 10.8. The van der Waals surface area contributed by atoms with Crippen molar-refractivity contribution in [2.24, 2.45) is 5.92 Å². The van der Waals surface area contributed by atoms with E-state index >= 15 is 0 Å². The molecule has 33 heavy (non-hydrogen) atoms.